The van der Waals surface area contributed by atoms with E-state index in [1.54, 1.807) is 6.20 Å². The summed E-state index contributed by atoms with van der Waals surface area (Å²) in [5.74, 6) is 0.385. The first-order valence-corrected chi connectivity index (χ1v) is 11.0. The zero-order valence-corrected chi connectivity index (χ0v) is 18.7. The minimum Gasteiger partial charge on any atom is -0.501 e. The van der Waals surface area contributed by atoms with Gasteiger partial charge in [-0.3, -0.25) is 4.98 Å². The van der Waals surface area contributed by atoms with Crippen molar-refractivity contribution >= 4 is 17.4 Å². The van der Waals surface area contributed by atoms with E-state index in [1.165, 1.54) is 13.4 Å². The Bertz CT molecular complexity index is 923. The second-order valence-electron chi connectivity index (χ2n) is 7.43. The standard InChI is InChI=1S/C25H30N2O5/c1-3-30-18-23(25(28)29-2)21-11-4-5-12-22(21)24(31-17-19-13-14-19)27-32-16-8-10-20-9-6-7-15-26-20/h4-7,9,11-12,15,18-19H,3,8,10,13-14,16-17H2,1-2H3/b23-18+,27-24+. The van der Waals surface area contributed by atoms with Crippen LogP contribution in [-0.4, -0.2) is 43.8 Å². The molecule has 1 aromatic carbocycles. The molecule has 7 nitrogen and oxygen atoms in total. The maximum Gasteiger partial charge on any atom is 0.341 e. The van der Waals surface area contributed by atoms with Crippen molar-refractivity contribution < 1.29 is 23.8 Å². The van der Waals surface area contributed by atoms with Crippen molar-refractivity contribution in [3.05, 3.63) is 71.7 Å². The zero-order valence-electron chi connectivity index (χ0n) is 18.7. The summed E-state index contributed by atoms with van der Waals surface area (Å²) >= 11 is 0. The molecule has 0 unspecified atom stereocenters. The molecule has 1 heterocycles. The number of aromatic nitrogens is 1. The van der Waals surface area contributed by atoms with E-state index in [-0.39, 0.29) is 0 Å². The Morgan fingerprint density at radius 2 is 1.94 bits per heavy atom. The number of esters is 1. The van der Waals surface area contributed by atoms with Gasteiger partial charge in [0, 0.05) is 23.0 Å². The van der Waals surface area contributed by atoms with Gasteiger partial charge in [-0.1, -0.05) is 24.3 Å². The van der Waals surface area contributed by atoms with Crippen LogP contribution in [0.25, 0.3) is 5.57 Å². The van der Waals surface area contributed by atoms with Crippen molar-refractivity contribution in [3.8, 4) is 0 Å². The molecule has 3 rings (SSSR count). The maximum absolute atomic E-state index is 12.4. The molecule has 0 aliphatic heterocycles. The van der Waals surface area contributed by atoms with Crippen LogP contribution in [0.1, 0.15) is 43.0 Å². The minimum absolute atomic E-state index is 0.294. The van der Waals surface area contributed by atoms with Crippen molar-refractivity contribution in [2.75, 3.05) is 26.9 Å². The van der Waals surface area contributed by atoms with Crippen molar-refractivity contribution in [2.24, 2.45) is 11.1 Å². The third-order valence-corrected chi connectivity index (χ3v) is 4.92. The largest absolute Gasteiger partial charge is 0.501 e. The molecule has 0 atom stereocenters. The van der Waals surface area contributed by atoms with Crippen LogP contribution < -0.4 is 0 Å². The summed E-state index contributed by atoms with van der Waals surface area (Å²) in [6.07, 6.45) is 7.07. The number of carbonyl (C=O) groups is 1. The van der Waals surface area contributed by atoms with E-state index in [0.717, 1.165) is 31.4 Å². The highest BCUT2D eigenvalue weighted by Crippen LogP contribution is 2.30. The number of oxime groups is 1. The van der Waals surface area contributed by atoms with Gasteiger partial charge < -0.3 is 19.0 Å². The molecule has 1 aliphatic carbocycles. The fourth-order valence-corrected chi connectivity index (χ4v) is 3.01. The summed E-state index contributed by atoms with van der Waals surface area (Å²) < 4.78 is 16.4. The zero-order chi connectivity index (χ0) is 22.6. The van der Waals surface area contributed by atoms with E-state index in [9.17, 15) is 4.79 Å². The van der Waals surface area contributed by atoms with Crippen LogP contribution in [0.15, 0.2) is 60.1 Å². The molecule has 0 amide bonds. The number of hydrogen-bond acceptors (Lipinski definition) is 7. The molecule has 0 radical (unpaired) electrons. The third kappa shape index (κ3) is 7.11. The number of carbonyl (C=O) groups excluding carboxylic acids is 1. The Morgan fingerprint density at radius 3 is 2.62 bits per heavy atom. The van der Waals surface area contributed by atoms with Crippen molar-refractivity contribution in [2.45, 2.75) is 32.6 Å². The Kier molecular flexibility index (Phi) is 9.10. The van der Waals surface area contributed by atoms with Crippen LogP contribution in [0.4, 0.5) is 0 Å². The predicted octanol–water partition coefficient (Wildman–Crippen LogP) is 4.37. The molecule has 0 N–H and O–H groups in total. The first-order valence-electron chi connectivity index (χ1n) is 11.0. The van der Waals surface area contributed by atoms with E-state index >= 15 is 0 Å². The van der Waals surface area contributed by atoms with Crippen LogP contribution in [0.5, 0.6) is 0 Å². The van der Waals surface area contributed by atoms with Gasteiger partial charge in [0.2, 0.25) is 0 Å². The Balaban J connectivity index is 1.76. The number of hydrogen-bond donors (Lipinski definition) is 0. The van der Waals surface area contributed by atoms with E-state index in [0.29, 0.717) is 48.3 Å². The summed E-state index contributed by atoms with van der Waals surface area (Å²) in [4.78, 5) is 22.3. The highest BCUT2D eigenvalue weighted by Gasteiger charge is 2.25. The summed E-state index contributed by atoms with van der Waals surface area (Å²) in [6, 6.07) is 13.2. The lowest BCUT2D eigenvalue weighted by molar-refractivity contribution is -0.133. The average molecular weight is 439 g/mol. The Hall–Kier alpha value is -3.35. The summed E-state index contributed by atoms with van der Waals surface area (Å²) in [6.45, 7) is 3.27. The quantitative estimate of drug-likeness (QED) is 0.0931. The normalized spacial score (nSPS) is 14.1. The second kappa shape index (κ2) is 12.5. The molecule has 1 saturated carbocycles. The van der Waals surface area contributed by atoms with Crippen molar-refractivity contribution in [3.63, 3.8) is 0 Å². The van der Waals surface area contributed by atoms with Gasteiger partial charge in [-0.2, -0.15) is 0 Å². The summed E-state index contributed by atoms with van der Waals surface area (Å²) in [7, 11) is 1.34. The van der Waals surface area contributed by atoms with Gasteiger partial charge in [-0.05, 0) is 61.9 Å². The predicted molar refractivity (Wildman–Crippen MR) is 122 cm³/mol. The lowest BCUT2D eigenvalue weighted by atomic mass is 10.0. The molecule has 7 heteroatoms. The molecule has 170 valence electrons. The maximum atomic E-state index is 12.4. The third-order valence-electron chi connectivity index (χ3n) is 4.92. The monoisotopic (exact) mass is 438 g/mol. The van der Waals surface area contributed by atoms with Gasteiger partial charge in [-0.15, -0.1) is 0 Å². The van der Waals surface area contributed by atoms with E-state index < -0.39 is 5.97 Å². The van der Waals surface area contributed by atoms with Crippen LogP contribution in [0.3, 0.4) is 0 Å². The molecule has 1 aromatic heterocycles. The van der Waals surface area contributed by atoms with Gasteiger partial charge in [0.05, 0.1) is 26.6 Å². The highest BCUT2D eigenvalue weighted by molar-refractivity contribution is 6.19. The number of methoxy groups -OCH3 is 1. The average Bonchev–Trinajstić information content (AvgIpc) is 3.66. The lowest BCUT2D eigenvalue weighted by Gasteiger charge is -2.14. The van der Waals surface area contributed by atoms with Gasteiger partial charge in [0.15, 0.2) is 0 Å². The van der Waals surface area contributed by atoms with E-state index in [4.69, 9.17) is 19.0 Å². The lowest BCUT2D eigenvalue weighted by Crippen LogP contribution is -2.15. The molecule has 1 fully saturated rings. The van der Waals surface area contributed by atoms with E-state index in [2.05, 4.69) is 10.1 Å². The smallest absolute Gasteiger partial charge is 0.341 e. The SMILES string of the molecule is CCO/C=C(/C(=O)OC)c1ccccc1/C(=N\OCCCc1ccccn1)OCC1CC1. The minimum atomic E-state index is -0.497. The first-order chi connectivity index (χ1) is 15.7. The fourth-order valence-electron chi connectivity index (χ4n) is 3.01. The Morgan fingerprint density at radius 1 is 1.16 bits per heavy atom. The van der Waals surface area contributed by atoms with Crippen molar-refractivity contribution in [1.82, 2.24) is 4.98 Å². The second-order valence-corrected chi connectivity index (χ2v) is 7.43. The molecule has 0 saturated heterocycles. The number of ether oxygens (including phenoxy) is 3. The number of nitrogens with zero attached hydrogens (tertiary/aromatic N) is 2. The topological polar surface area (TPSA) is 79.2 Å². The Labute approximate surface area is 189 Å². The number of rotatable bonds is 12. The summed E-state index contributed by atoms with van der Waals surface area (Å²) in [5, 5.41) is 4.29. The van der Waals surface area contributed by atoms with Gasteiger partial charge >= 0.3 is 5.97 Å². The number of pyridine rings is 1. The molecule has 0 spiro atoms. The first kappa shape index (κ1) is 23.3. The van der Waals surface area contributed by atoms with Crippen LogP contribution in [-0.2, 0) is 30.3 Å². The van der Waals surface area contributed by atoms with Crippen LogP contribution in [0, 0.1) is 5.92 Å². The van der Waals surface area contributed by atoms with Gasteiger partial charge in [0.25, 0.3) is 5.90 Å². The van der Waals surface area contributed by atoms with Crippen LogP contribution >= 0.6 is 0 Å². The highest BCUT2D eigenvalue weighted by atomic mass is 16.6. The fraction of sp³-hybridized carbons (Fsp3) is 0.400. The van der Waals surface area contributed by atoms with Gasteiger partial charge in [-0.25, -0.2) is 4.79 Å². The number of benzene rings is 1. The molecule has 0 bridgehead atoms. The number of aryl methyl sites for hydroxylation is 1. The molecule has 32 heavy (non-hydrogen) atoms. The molecular formula is C25H30N2O5. The van der Waals surface area contributed by atoms with Crippen LogP contribution in [0.2, 0.25) is 0 Å². The molecule has 2 aromatic rings. The van der Waals surface area contributed by atoms with Gasteiger partial charge in [0.1, 0.15) is 12.2 Å². The van der Waals surface area contributed by atoms with Crippen molar-refractivity contribution in [1.29, 1.82) is 0 Å². The summed E-state index contributed by atoms with van der Waals surface area (Å²) in [5.41, 5.74) is 2.57. The molecular weight excluding hydrogens is 408 g/mol. The van der Waals surface area contributed by atoms with E-state index in [1.807, 2.05) is 49.4 Å². The molecule has 1 aliphatic rings.